The van der Waals surface area contributed by atoms with Crippen molar-refractivity contribution < 1.29 is 14.3 Å². The molecule has 0 aliphatic carbocycles. The van der Waals surface area contributed by atoms with E-state index in [1.54, 1.807) is 19.1 Å². The molecule has 82 valence electrons. The number of benzene rings is 1. The van der Waals surface area contributed by atoms with Crippen LogP contribution in [-0.4, -0.2) is 23.7 Å². The third-order valence-corrected chi connectivity index (χ3v) is 1.87. The second-order valence-corrected chi connectivity index (χ2v) is 3.46. The predicted octanol–water partition coefficient (Wildman–Crippen LogP) is 0.865. The van der Waals surface area contributed by atoms with Gasteiger partial charge in [-0.2, -0.15) is 0 Å². The van der Waals surface area contributed by atoms with Gasteiger partial charge in [-0.1, -0.05) is 12.1 Å². The minimum atomic E-state index is -0.554. The fourth-order valence-corrected chi connectivity index (χ4v) is 1.11. The first kappa shape index (κ1) is 11.7. The Balaban J connectivity index is 2.41. The Kier molecular flexibility index (Phi) is 4.24. The normalized spacial score (nSPS) is 12.2. The van der Waals surface area contributed by atoms with E-state index in [9.17, 15) is 9.18 Å². The minimum absolute atomic E-state index is 0.178. The van der Waals surface area contributed by atoms with E-state index in [0.29, 0.717) is 0 Å². The van der Waals surface area contributed by atoms with Crippen LogP contribution in [0.2, 0.25) is 0 Å². The molecule has 0 radical (unpaired) electrons. The van der Waals surface area contributed by atoms with Crippen LogP contribution in [0.4, 0.5) is 4.39 Å². The van der Waals surface area contributed by atoms with Gasteiger partial charge in [0.2, 0.25) is 5.91 Å². The van der Waals surface area contributed by atoms with E-state index < -0.39 is 6.10 Å². The molecule has 1 aromatic rings. The van der Waals surface area contributed by atoms with E-state index in [0.717, 1.165) is 5.56 Å². The number of aliphatic hydroxyl groups is 1. The highest BCUT2D eigenvalue weighted by atomic mass is 19.1. The van der Waals surface area contributed by atoms with E-state index in [2.05, 4.69) is 5.32 Å². The van der Waals surface area contributed by atoms with Crippen molar-refractivity contribution in [1.29, 1.82) is 0 Å². The molecule has 1 aromatic carbocycles. The Hall–Kier alpha value is -1.42. The number of rotatable bonds is 4. The molecule has 0 fully saturated rings. The van der Waals surface area contributed by atoms with Gasteiger partial charge in [0.25, 0.3) is 0 Å². The molecule has 4 heteroatoms. The Morgan fingerprint density at radius 1 is 1.47 bits per heavy atom. The Labute approximate surface area is 87.9 Å². The summed E-state index contributed by atoms with van der Waals surface area (Å²) in [6.07, 6.45) is -0.352. The molecular weight excluding hydrogens is 197 g/mol. The Bertz CT molecular complexity index is 322. The third-order valence-electron chi connectivity index (χ3n) is 1.87. The lowest BCUT2D eigenvalue weighted by Gasteiger charge is -2.06. The van der Waals surface area contributed by atoms with Crippen LogP contribution in [0.15, 0.2) is 24.3 Å². The van der Waals surface area contributed by atoms with Gasteiger partial charge in [-0.25, -0.2) is 4.39 Å². The second-order valence-electron chi connectivity index (χ2n) is 3.46. The van der Waals surface area contributed by atoms with Crippen LogP contribution >= 0.6 is 0 Å². The maximum Gasteiger partial charge on any atom is 0.224 e. The minimum Gasteiger partial charge on any atom is -0.392 e. The van der Waals surface area contributed by atoms with Gasteiger partial charge < -0.3 is 10.4 Å². The van der Waals surface area contributed by atoms with Crippen LogP contribution in [0.25, 0.3) is 0 Å². The molecule has 0 unspecified atom stereocenters. The lowest BCUT2D eigenvalue weighted by Crippen LogP contribution is -2.31. The second kappa shape index (κ2) is 5.46. The van der Waals surface area contributed by atoms with Gasteiger partial charge in [0.15, 0.2) is 0 Å². The molecule has 0 aliphatic rings. The molecule has 0 saturated heterocycles. The fourth-order valence-electron chi connectivity index (χ4n) is 1.11. The molecule has 0 spiro atoms. The van der Waals surface area contributed by atoms with Crippen LogP contribution in [0.3, 0.4) is 0 Å². The highest BCUT2D eigenvalue weighted by molar-refractivity contribution is 5.78. The maximum atomic E-state index is 12.5. The lowest BCUT2D eigenvalue weighted by atomic mass is 10.1. The Morgan fingerprint density at radius 2 is 2.07 bits per heavy atom. The van der Waals surface area contributed by atoms with E-state index >= 15 is 0 Å². The summed E-state index contributed by atoms with van der Waals surface area (Å²) in [4.78, 5) is 11.3. The van der Waals surface area contributed by atoms with E-state index in [1.807, 2.05) is 0 Å². The number of carbonyl (C=O) groups is 1. The molecule has 1 rings (SSSR count). The summed E-state index contributed by atoms with van der Waals surface area (Å²) < 4.78 is 12.5. The van der Waals surface area contributed by atoms with Crippen LogP contribution < -0.4 is 5.32 Å². The Morgan fingerprint density at radius 3 is 2.60 bits per heavy atom. The molecule has 0 heterocycles. The van der Waals surface area contributed by atoms with Crippen molar-refractivity contribution in [3.63, 3.8) is 0 Å². The van der Waals surface area contributed by atoms with Gasteiger partial charge in [-0.05, 0) is 24.6 Å². The number of nitrogens with one attached hydrogen (secondary N) is 1. The highest BCUT2D eigenvalue weighted by Gasteiger charge is 2.04. The van der Waals surface area contributed by atoms with E-state index in [-0.39, 0.29) is 24.7 Å². The summed E-state index contributed by atoms with van der Waals surface area (Å²) in [7, 11) is 0. The van der Waals surface area contributed by atoms with Crippen molar-refractivity contribution >= 4 is 5.91 Å². The van der Waals surface area contributed by atoms with Gasteiger partial charge >= 0.3 is 0 Å². The van der Waals surface area contributed by atoms with Gasteiger partial charge in [0, 0.05) is 6.54 Å². The SMILES string of the molecule is C[C@@H](O)CNC(=O)Cc1ccc(F)cc1. The first-order valence-electron chi connectivity index (χ1n) is 4.77. The average Bonchev–Trinajstić information content (AvgIpc) is 2.19. The highest BCUT2D eigenvalue weighted by Crippen LogP contribution is 2.03. The number of carbonyl (C=O) groups excluding carboxylic acids is 1. The molecule has 0 saturated carbocycles. The summed E-state index contributed by atoms with van der Waals surface area (Å²) in [5, 5.41) is 11.5. The smallest absolute Gasteiger partial charge is 0.224 e. The fraction of sp³-hybridized carbons (Fsp3) is 0.364. The summed E-state index contributed by atoms with van der Waals surface area (Å²) >= 11 is 0. The van der Waals surface area contributed by atoms with E-state index in [4.69, 9.17) is 5.11 Å². The van der Waals surface area contributed by atoms with Crippen LogP contribution in [0.1, 0.15) is 12.5 Å². The molecule has 0 aromatic heterocycles. The van der Waals surface area contributed by atoms with Crippen molar-refractivity contribution in [2.45, 2.75) is 19.4 Å². The molecule has 15 heavy (non-hydrogen) atoms. The van der Waals surface area contributed by atoms with Crippen LogP contribution in [0, 0.1) is 5.82 Å². The number of hydrogen-bond donors (Lipinski definition) is 2. The zero-order chi connectivity index (χ0) is 11.3. The van der Waals surface area contributed by atoms with Crippen LogP contribution in [-0.2, 0) is 11.2 Å². The molecule has 0 aliphatic heterocycles. The molecule has 1 amide bonds. The van der Waals surface area contributed by atoms with Crippen molar-refractivity contribution in [1.82, 2.24) is 5.32 Å². The summed E-state index contributed by atoms with van der Waals surface area (Å²) in [6, 6.07) is 5.77. The van der Waals surface area contributed by atoms with Crippen molar-refractivity contribution in [2.24, 2.45) is 0 Å². The van der Waals surface area contributed by atoms with Crippen LogP contribution in [0.5, 0.6) is 0 Å². The standard InChI is InChI=1S/C11H14FNO2/c1-8(14)7-13-11(15)6-9-2-4-10(12)5-3-9/h2-5,8,14H,6-7H2,1H3,(H,13,15)/t8-/m1/s1. The number of amides is 1. The number of aliphatic hydroxyl groups excluding tert-OH is 1. The lowest BCUT2D eigenvalue weighted by molar-refractivity contribution is -0.120. The third kappa shape index (κ3) is 4.56. The zero-order valence-corrected chi connectivity index (χ0v) is 8.53. The molecule has 3 nitrogen and oxygen atoms in total. The maximum absolute atomic E-state index is 12.5. The van der Waals surface area contributed by atoms with Crippen molar-refractivity contribution in [3.05, 3.63) is 35.6 Å². The monoisotopic (exact) mass is 211 g/mol. The van der Waals surface area contributed by atoms with Gasteiger partial charge in [-0.3, -0.25) is 4.79 Å². The number of halogens is 1. The largest absolute Gasteiger partial charge is 0.392 e. The number of hydrogen-bond acceptors (Lipinski definition) is 2. The summed E-state index contributed by atoms with van der Waals surface area (Å²) in [5.41, 5.74) is 0.750. The summed E-state index contributed by atoms with van der Waals surface area (Å²) in [6.45, 7) is 1.83. The molecule has 0 bridgehead atoms. The molecule has 2 N–H and O–H groups in total. The van der Waals surface area contributed by atoms with Crippen molar-refractivity contribution in [2.75, 3.05) is 6.54 Å². The van der Waals surface area contributed by atoms with Gasteiger partial charge in [0.05, 0.1) is 12.5 Å². The predicted molar refractivity (Wildman–Crippen MR) is 54.8 cm³/mol. The topological polar surface area (TPSA) is 49.3 Å². The zero-order valence-electron chi connectivity index (χ0n) is 8.53. The quantitative estimate of drug-likeness (QED) is 0.776. The van der Waals surface area contributed by atoms with Crippen molar-refractivity contribution in [3.8, 4) is 0 Å². The molecular formula is C11H14FNO2. The first-order valence-corrected chi connectivity index (χ1v) is 4.77. The van der Waals surface area contributed by atoms with Gasteiger partial charge in [-0.15, -0.1) is 0 Å². The average molecular weight is 211 g/mol. The van der Waals surface area contributed by atoms with E-state index in [1.165, 1.54) is 12.1 Å². The van der Waals surface area contributed by atoms with Gasteiger partial charge in [0.1, 0.15) is 5.82 Å². The first-order chi connectivity index (χ1) is 7.08. The molecule has 1 atom stereocenters. The summed E-state index contributed by atoms with van der Waals surface area (Å²) in [5.74, 6) is -0.495.